The van der Waals surface area contributed by atoms with Crippen LogP contribution in [0.2, 0.25) is 0 Å². The Hall–Kier alpha value is -1.63. The number of aromatic nitrogens is 2. The van der Waals surface area contributed by atoms with Crippen LogP contribution in [0.1, 0.15) is 84.4 Å². The summed E-state index contributed by atoms with van der Waals surface area (Å²) in [7, 11) is 0. The van der Waals surface area contributed by atoms with Gasteiger partial charge in [0.15, 0.2) is 11.8 Å². The van der Waals surface area contributed by atoms with E-state index in [1.807, 2.05) is 0 Å². The highest BCUT2D eigenvalue weighted by molar-refractivity contribution is 5.80. The van der Waals surface area contributed by atoms with Crippen molar-refractivity contribution in [2.75, 3.05) is 19.6 Å². The summed E-state index contributed by atoms with van der Waals surface area (Å²) < 4.78 is 5.36. The Morgan fingerprint density at radius 1 is 1.14 bits per heavy atom. The van der Waals surface area contributed by atoms with Gasteiger partial charge in [-0.25, -0.2) is 4.99 Å². The minimum absolute atomic E-state index is 0.135. The molecule has 0 spiro atoms. The Morgan fingerprint density at radius 3 is 2.46 bits per heavy atom. The highest BCUT2D eigenvalue weighted by Gasteiger charge is 2.26. The van der Waals surface area contributed by atoms with E-state index in [2.05, 4.69) is 58.4 Å². The van der Waals surface area contributed by atoms with Crippen LogP contribution in [0, 0.1) is 0 Å². The predicted octanol–water partition coefficient (Wildman–Crippen LogP) is 3.22. The molecule has 1 saturated carbocycles. The lowest BCUT2D eigenvalue weighted by atomic mass is 9.92. The van der Waals surface area contributed by atoms with Gasteiger partial charge in [-0.15, -0.1) is 0 Å². The fourth-order valence-electron chi connectivity index (χ4n) is 4.14. The number of nitrogens with one attached hydrogen (secondary N) is 2. The van der Waals surface area contributed by atoms with Gasteiger partial charge in [-0.1, -0.05) is 45.2 Å². The third kappa shape index (κ3) is 5.93. The van der Waals surface area contributed by atoms with Gasteiger partial charge in [0.05, 0.1) is 0 Å². The zero-order chi connectivity index (χ0) is 20.0. The number of rotatable bonds is 5. The number of nitrogens with zero attached hydrogens (tertiary/aromatic N) is 4. The van der Waals surface area contributed by atoms with E-state index in [9.17, 15) is 0 Å². The van der Waals surface area contributed by atoms with E-state index >= 15 is 0 Å². The summed E-state index contributed by atoms with van der Waals surface area (Å²) in [6.07, 6.45) is 9.39. The molecule has 2 aliphatic rings. The Kier molecular flexibility index (Phi) is 7.32. The molecule has 0 amide bonds. The van der Waals surface area contributed by atoms with Crippen molar-refractivity contribution in [3.05, 3.63) is 11.7 Å². The van der Waals surface area contributed by atoms with Gasteiger partial charge in [0.1, 0.15) is 6.54 Å². The van der Waals surface area contributed by atoms with Crippen molar-refractivity contribution in [2.24, 2.45) is 4.99 Å². The molecule has 2 fully saturated rings. The van der Waals surface area contributed by atoms with Gasteiger partial charge in [0, 0.05) is 37.1 Å². The van der Waals surface area contributed by atoms with E-state index in [0.717, 1.165) is 18.5 Å². The Balaban J connectivity index is 1.50. The van der Waals surface area contributed by atoms with Gasteiger partial charge in [-0.05, 0) is 32.6 Å². The monoisotopic (exact) mass is 390 g/mol. The molecule has 1 aliphatic carbocycles. The molecule has 2 N–H and O–H groups in total. The number of aliphatic imine (C=N–C) groups is 1. The normalized spacial score (nSPS) is 21.1. The molecule has 158 valence electrons. The van der Waals surface area contributed by atoms with Gasteiger partial charge in [0.25, 0.3) is 0 Å². The van der Waals surface area contributed by atoms with Crippen LogP contribution in [0.25, 0.3) is 0 Å². The van der Waals surface area contributed by atoms with E-state index in [0.29, 0.717) is 24.3 Å². The Labute approximate surface area is 169 Å². The van der Waals surface area contributed by atoms with Crippen LogP contribution in [0.5, 0.6) is 0 Å². The number of hydrogen-bond donors (Lipinski definition) is 2. The van der Waals surface area contributed by atoms with Crippen LogP contribution in [0.15, 0.2) is 9.52 Å². The number of likely N-dealkylation sites (tertiary alicyclic amines) is 1. The first-order chi connectivity index (χ1) is 13.5. The first-order valence-corrected chi connectivity index (χ1v) is 11.1. The average Bonchev–Trinajstić information content (AvgIpc) is 3.17. The lowest BCUT2D eigenvalue weighted by Crippen LogP contribution is -2.51. The van der Waals surface area contributed by atoms with E-state index in [-0.39, 0.29) is 5.41 Å². The maximum absolute atomic E-state index is 5.36. The van der Waals surface area contributed by atoms with Crippen LogP contribution in [-0.2, 0) is 12.0 Å². The van der Waals surface area contributed by atoms with Crippen LogP contribution in [-0.4, -0.2) is 52.7 Å². The summed E-state index contributed by atoms with van der Waals surface area (Å²) in [5.41, 5.74) is -0.135. The fraction of sp³-hybridized carbons (Fsp3) is 0.857. The maximum Gasteiger partial charge on any atom is 0.232 e. The molecule has 7 nitrogen and oxygen atoms in total. The average molecular weight is 391 g/mol. The minimum atomic E-state index is -0.135. The number of piperidine rings is 1. The predicted molar refractivity (Wildman–Crippen MR) is 112 cm³/mol. The number of guanidine groups is 1. The molecular weight excluding hydrogens is 352 g/mol. The topological polar surface area (TPSA) is 78.6 Å². The van der Waals surface area contributed by atoms with E-state index in [1.54, 1.807) is 0 Å². The van der Waals surface area contributed by atoms with Crippen LogP contribution >= 0.6 is 0 Å². The second kappa shape index (κ2) is 9.72. The molecule has 2 heterocycles. The highest BCUT2D eigenvalue weighted by atomic mass is 16.5. The molecule has 1 aromatic rings. The molecule has 0 aromatic carbocycles. The third-order valence-corrected chi connectivity index (χ3v) is 5.79. The summed E-state index contributed by atoms with van der Waals surface area (Å²) >= 11 is 0. The Bertz CT molecular complexity index is 621. The molecule has 0 bridgehead atoms. The zero-order valence-electron chi connectivity index (χ0n) is 18.1. The minimum Gasteiger partial charge on any atom is -0.357 e. The summed E-state index contributed by atoms with van der Waals surface area (Å²) in [5, 5.41) is 11.0. The molecule has 1 aliphatic heterocycles. The van der Waals surface area contributed by atoms with Crippen molar-refractivity contribution in [3.8, 4) is 0 Å². The van der Waals surface area contributed by atoms with Crippen molar-refractivity contribution in [3.63, 3.8) is 0 Å². The van der Waals surface area contributed by atoms with Crippen molar-refractivity contribution < 1.29 is 4.52 Å². The maximum atomic E-state index is 5.36. The summed E-state index contributed by atoms with van der Waals surface area (Å²) in [6, 6.07) is 1.31. The van der Waals surface area contributed by atoms with Crippen molar-refractivity contribution in [1.29, 1.82) is 0 Å². The third-order valence-electron chi connectivity index (χ3n) is 5.79. The molecular formula is C21H38N6O. The molecule has 0 atom stereocenters. The first kappa shape index (κ1) is 21.1. The van der Waals surface area contributed by atoms with Crippen molar-refractivity contribution in [1.82, 2.24) is 25.7 Å². The van der Waals surface area contributed by atoms with E-state index in [1.165, 1.54) is 58.0 Å². The SMILES string of the molecule is CCNC(=NCc1noc(C(C)(C)C)n1)NC1CCN(C2CCCCC2)CC1. The van der Waals surface area contributed by atoms with Gasteiger partial charge < -0.3 is 20.1 Å². The van der Waals surface area contributed by atoms with Gasteiger partial charge in [-0.3, -0.25) is 0 Å². The largest absolute Gasteiger partial charge is 0.357 e. The zero-order valence-corrected chi connectivity index (χ0v) is 18.1. The van der Waals surface area contributed by atoms with Gasteiger partial charge in [-0.2, -0.15) is 4.98 Å². The quantitative estimate of drug-likeness (QED) is 0.594. The smallest absolute Gasteiger partial charge is 0.232 e. The molecule has 28 heavy (non-hydrogen) atoms. The van der Waals surface area contributed by atoms with E-state index < -0.39 is 0 Å². The standard InChI is InChI=1S/C21H38N6O/c1-5-22-20(23-15-18-25-19(28-26-18)21(2,3)4)24-16-11-13-27(14-12-16)17-9-7-6-8-10-17/h16-17H,5-15H2,1-4H3,(H2,22,23,24). The van der Waals surface area contributed by atoms with Gasteiger partial charge >= 0.3 is 0 Å². The van der Waals surface area contributed by atoms with Crippen molar-refractivity contribution in [2.45, 2.75) is 96.7 Å². The summed E-state index contributed by atoms with van der Waals surface area (Å²) in [4.78, 5) is 11.9. The second-order valence-electron chi connectivity index (χ2n) is 9.21. The number of hydrogen-bond acceptors (Lipinski definition) is 5. The van der Waals surface area contributed by atoms with Crippen LogP contribution in [0.4, 0.5) is 0 Å². The molecule has 1 saturated heterocycles. The van der Waals surface area contributed by atoms with Crippen molar-refractivity contribution >= 4 is 5.96 Å². The lowest BCUT2D eigenvalue weighted by Gasteiger charge is -2.39. The van der Waals surface area contributed by atoms with Crippen LogP contribution in [0.3, 0.4) is 0 Å². The van der Waals surface area contributed by atoms with Gasteiger partial charge in [0.2, 0.25) is 5.89 Å². The fourth-order valence-corrected chi connectivity index (χ4v) is 4.14. The molecule has 0 radical (unpaired) electrons. The first-order valence-electron chi connectivity index (χ1n) is 11.1. The lowest BCUT2D eigenvalue weighted by molar-refractivity contribution is 0.119. The summed E-state index contributed by atoms with van der Waals surface area (Å²) in [5.74, 6) is 2.14. The molecule has 3 rings (SSSR count). The Morgan fingerprint density at radius 2 is 1.86 bits per heavy atom. The molecule has 0 unspecified atom stereocenters. The second-order valence-corrected chi connectivity index (χ2v) is 9.21. The highest BCUT2D eigenvalue weighted by Crippen LogP contribution is 2.25. The molecule has 1 aromatic heterocycles. The summed E-state index contributed by atoms with van der Waals surface area (Å²) in [6.45, 7) is 12.0. The van der Waals surface area contributed by atoms with E-state index in [4.69, 9.17) is 4.52 Å². The molecule has 7 heteroatoms. The van der Waals surface area contributed by atoms with Crippen LogP contribution < -0.4 is 10.6 Å².